The largest absolute Gasteiger partial charge is 0.387 e. The van der Waals surface area contributed by atoms with E-state index in [0.717, 1.165) is 5.56 Å². The number of nitrogens with zero attached hydrogens (tertiary/aromatic N) is 3. The lowest BCUT2D eigenvalue weighted by molar-refractivity contribution is -0.129. The van der Waals surface area contributed by atoms with Gasteiger partial charge in [0.25, 0.3) is 0 Å². The van der Waals surface area contributed by atoms with Crippen molar-refractivity contribution >= 4 is 0 Å². The van der Waals surface area contributed by atoms with Crippen molar-refractivity contribution in [2.24, 2.45) is 0 Å². The van der Waals surface area contributed by atoms with Gasteiger partial charge in [0.2, 0.25) is 0 Å². The summed E-state index contributed by atoms with van der Waals surface area (Å²) in [7, 11) is 0. The van der Waals surface area contributed by atoms with Gasteiger partial charge in [0.05, 0.1) is 12.7 Å². The Morgan fingerprint density at radius 1 is 1.10 bits per heavy atom. The lowest BCUT2D eigenvalue weighted by Gasteiger charge is -2.13. The van der Waals surface area contributed by atoms with E-state index in [2.05, 4.69) is 10.3 Å². The SMILES string of the molecule is OC1[C@H](O)O[C@H](Cn2cc(-c3ccccc3)nn2)[C@@H]1O. The van der Waals surface area contributed by atoms with Crippen LogP contribution in [0.15, 0.2) is 36.5 Å². The maximum Gasteiger partial charge on any atom is 0.184 e. The Hall–Kier alpha value is -1.80. The second-order valence-electron chi connectivity index (χ2n) is 4.74. The minimum absolute atomic E-state index is 0.203. The number of ether oxygens (including phenoxy) is 1. The van der Waals surface area contributed by atoms with Crippen LogP contribution in [0.1, 0.15) is 0 Å². The van der Waals surface area contributed by atoms with E-state index in [-0.39, 0.29) is 6.54 Å². The van der Waals surface area contributed by atoms with Crippen LogP contribution in [0.25, 0.3) is 11.3 Å². The van der Waals surface area contributed by atoms with Gasteiger partial charge in [0, 0.05) is 5.56 Å². The molecule has 0 spiro atoms. The molecule has 2 heterocycles. The molecule has 4 atom stereocenters. The molecule has 0 radical (unpaired) electrons. The van der Waals surface area contributed by atoms with E-state index < -0.39 is 24.6 Å². The normalized spacial score (nSPS) is 29.8. The topological polar surface area (TPSA) is 101 Å². The molecular formula is C13H15N3O4. The van der Waals surface area contributed by atoms with Crippen molar-refractivity contribution in [3.8, 4) is 11.3 Å². The van der Waals surface area contributed by atoms with Gasteiger partial charge in [-0.3, -0.25) is 0 Å². The van der Waals surface area contributed by atoms with E-state index in [9.17, 15) is 15.3 Å². The maximum atomic E-state index is 9.72. The molecule has 1 fully saturated rings. The molecule has 2 aromatic rings. The van der Waals surface area contributed by atoms with Gasteiger partial charge in [-0.2, -0.15) is 0 Å². The Balaban J connectivity index is 1.72. The first-order valence-corrected chi connectivity index (χ1v) is 6.30. The second-order valence-corrected chi connectivity index (χ2v) is 4.74. The van der Waals surface area contributed by atoms with Crippen molar-refractivity contribution in [2.45, 2.75) is 31.1 Å². The minimum Gasteiger partial charge on any atom is -0.387 e. The number of aromatic nitrogens is 3. The maximum absolute atomic E-state index is 9.72. The Bertz CT molecular complexity index is 574. The average Bonchev–Trinajstić information content (AvgIpc) is 3.02. The van der Waals surface area contributed by atoms with E-state index in [1.54, 1.807) is 6.20 Å². The summed E-state index contributed by atoms with van der Waals surface area (Å²) in [6.07, 6.45) is -2.80. The molecule has 1 aromatic heterocycles. The monoisotopic (exact) mass is 277 g/mol. The zero-order valence-electron chi connectivity index (χ0n) is 10.6. The summed E-state index contributed by atoms with van der Waals surface area (Å²) in [5.74, 6) is 0. The zero-order chi connectivity index (χ0) is 14.1. The molecule has 0 bridgehead atoms. The summed E-state index contributed by atoms with van der Waals surface area (Å²) in [6, 6.07) is 9.57. The van der Waals surface area contributed by atoms with Crippen LogP contribution in [0.3, 0.4) is 0 Å². The van der Waals surface area contributed by atoms with Crippen LogP contribution < -0.4 is 0 Å². The van der Waals surface area contributed by atoms with E-state index in [1.165, 1.54) is 4.68 Å². The second kappa shape index (κ2) is 5.29. The average molecular weight is 277 g/mol. The summed E-state index contributed by atoms with van der Waals surface area (Å²) in [5.41, 5.74) is 1.64. The molecular weight excluding hydrogens is 262 g/mol. The quantitative estimate of drug-likeness (QED) is 0.691. The first-order chi connectivity index (χ1) is 9.65. The highest BCUT2D eigenvalue weighted by molar-refractivity contribution is 5.57. The summed E-state index contributed by atoms with van der Waals surface area (Å²) < 4.78 is 6.59. The van der Waals surface area contributed by atoms with Crippen molar-refractivity contribution in [1.82, 2.24) is 15.0 Å². The van der Waals surface area contributed by atoms with Crippen LogP contribution >= 0.6 is 0 Å². The fraction of sp³-hybridized carbons (Fsp3) is 0.385. The minimum atomic E-state index is -1.37. The van der Waals surface area contributed by atoms with Gasteiger partial charge in [-0.1, -0.05) is 35.5 Å². The molecule has 1 aliphatic rings. The van der Waals surface area contributed by atoms with Crippen LogP contribution in [0.4, 0.5) is 0 Å². The number of aliphatic hydroxyl groups excluding tert-OH is 3. The Kier molecular flexibility index (Phi) is 3.49. The lowest BCUT2D eigenvalue weighted by Crippen LogP contribution is -2.34. The third-order valence-corrected chi connectivity index (χ3v) is 3.31. The molecule has 1 aliphatic heterocycles. The fourth-order valence-electron chi connectivity index (χ4n) is 2.19. The summed E-state index contributed by atoms with van der Waals surface area (Å²) >= 11 is 0. The van der Waals surface area contributed by atoms with E-state index in [1.807, 2.05) is 30.3 Å². The van der Waals surface area contributed by atoms with Crippen LogP contribution in [-0.2, 0) is 11.3 Å². The first kappa shape index (κ1) is 13.2. The summed E-state index contributed by atoms with van der Waals surface area (Å²) in [5, 5.41) is 36.5. The number of benzene rings is 1. The Morgan fingerprint density at radius 2 is 1.85 bits per heavy atom. The fourth-order valence-corrected chi connectivity index (χ4v) is 2.19. The molecule has 0 saturated carbocycles. The van der Waals surface area contributed by atoms with E-state index in [4.69, 9.17) is 4.74 Å². The summed E-state index contributed by atoms with van der Waals surface area (Å²) in [6.45, 7) is 0.203. The van der Waals surface area contributed by atoms with Crippen LogP contribution in [0, 0.1) is 0 Å². The number of hydrogen-bond acceptors (Lipinski definition) is 6. The molecule has 7 heteroatoms. The predicted molar refractivity (Wildman–Crippen MR) is 68.4 cm³/mol. The molecule has 1 aromatic carbocycles. The standard InChI is InChI=1S/C13H15N3O4/c17-11-10(20-13(19)12(11)18)7-16-6-9(14-15-16)8-4-2-1-3-5-8/h1-6,10-13,17-19H,7H2/t10-,11+,12?,13-/m1/s1. The molecule has 1 saturated heterocycles. The smallest absolute Gasteiger partial charge is 0.184 e. The van der Waals surface area contributed by atoms with E-state index >= 15 is 0 Å². The predicted octanol–water partition coefficient (Wildman–Crippen LogP) is -0.616. The van der Waals surface area contributed by atoms with Gasteiger partial charge in [0.1, 0.15) is 24.0 Å². The van der Waals surface area contributed by atoms with Gasteiger partial charge in [-0.25, -0.2) is 4.68 Å². The van der Waals surface area contributed by atoms with Crippen LogP contribution in [0.5, 0.6) is 0 Å². The number of rotatable bonds is 3. The van der Waals surface area contributed by atoms with E-state index in [0.29, 0.717) is 5.69 Å². The highest BCUT2D eigenvalue weighted by Crippen LogP contribution is 2.21. The molecule has 7 nitrogen and oxygen atoms in total. The first-order valence-electron chi connectivity index (χ1n) is 6.30. The van der Waals surface area contributed by atoms with Gasteiger partial charge in [-0.15, -0.1) is 5.10 Å². The summed E-state index contributed by atoms with van der Waals surface area (Å²) in [4.78, 5) is 0. The molecule has 3 N–H and O–H groups in total. The van der Waals surface area contributed by atoms with Crippen molar-refractivity contribution in [3.05, 3.63) is 36.5 Å². The molecule has 20 heavy (non-hydrogen) atoms. The molecule has 0 aliphatic carbocycles. The van der Waals surface area contributed by atoms with Crippen LogP contribution in [0.2, 0.25) is 0 Å². The number of hydrogen-bond donors (Lipinski definition) is 3. The Morgan fingerprint density at radius 3 is 2.50 bits per heavy atom. The number of aliphatic hydroxyl groups is 3. The highest BCUT2D eigenvalue weighted by atomic mass is 16.6. The van der Waals surface area contributed by atoms with Gasteiger partial charge >= 0.3 is 0 Å². The molecule has 106 valence electrons. The lowest BCUT2D eigenvalue weighted by atomic mass is 10.1. The Labute approximate surface area is 115 Å². The van der Waals surface area contributed by atoms with Crippen molar-refractivity contribution < 1.29 is 20.1 Å². The van der Waals surface area contributed by atoms with Crippen molar-refractivity contribution in [1.29, 1.82) is 0 Å². The third kappa shape index (κ3) is 2.44. The third-order valence-electron chi connectivity index (χ3n) is 3.31. The van der Waals surface area contributed by atoms with Crippen LogP contribution in [-0.4, -0.2) is 54.9 Å². The zero-order valence-corrected chi connectivity index (χ0v) is 10.6. The van der Waals surface area contributed by atoms with Gasteiger partial charge in [0.15, 0.2) is 6.29 Å². The highest BCUT2D eigenvalue weighted by Gasteiger charge is 2.41. The van der Waals surface area contributed by atoms with Crippen molar-refractivity contribution in [3.63, 3.8) is 0 Å². The van der Waals surface area contributed by atoms with Crippen molar-refractivity contribution in [2.75, 3.05) is 0 Å². The molecule has 3 rings (SSSR count). The van der Waals surface area contributed by atoms with Gasteiger partial charge in [-0.05, 0) is 0 Å². The molecule has 0 amide bonds. The van der Waals surface area contributed by atoms with Gasteiger partial charge < -0.3 is 20.1 Å². The molecule has 1 unspecified atom stereocenters.